The molecule has 0 aliphatic carbocycles. The van der Waals surface area contributed by atoms with E-state index in [1.807, 2.05) is 6.92 Å². The molecule has 0 saturated carbocycles. The van der Waals surface area contributed by atoms with Gasteiger partial charge in [0.1, 0.15) is 5.75 Å². The third-order valence-electron chi connectivity index (χ3n) is 3.64. The van der Waals surface area contributed by atoms with E-state index >= 15 is 0 Å². The van der Waals surface area contributed by atoms with E-state index < -0.39 is 6.23 Å². The summed E-state index contributed by atoms with van der Waals surface area (Å²) in [5.74, 6) is 0.681. The molecule has 1 aliphatic heterocycles. The first kappa shape index (κ1) is 16.9. The Labute approximate surface area is 148 Å². The molecule has 7 nitrogen and oxygen atoms in total. The van der Waals surface area contributed by atoms with Gasteiger partial charge in [0.05, 0.1) is 6.54 Å². The topological polar surface area (TPSA) is 78.8 Å². The van der Waals surface area contributed by atoms with Gasteiger partial charge in [-0.25, -0.2) is 9.69 Å². The average molecular weight is 369 g/mol. The number of aliphatic hydroxyl groups excluding tert-OH is 1. The molecular weight excluding hydrogens is 352 g/mol. The minimum absolute atomic E-state index is 0.242. The van der Waals surface area contributed by atoms with E-state index in [9.17, 15) is 9.90 Å². The summed E-state index contributed by atoms with van der Waals surface area (Å²) in [5, 5.41) is 19.8. The van der Waals surface area contributed by atoms with Crippen LogP contribution in [0.2, 0.25) is 5.02 Å². The molecule has 1 aliphatic rings. The Morgan fingerprint density at radius 3 is 2.71 bits per heavy atom. The molecule has 9 heteroatoms. The zero-order valence-electron chi connectivity index (χ0n) is 13.2. The maximum absolute atomic E-state index is 12.1. The number of hydrogen-bond acceptors (Lipinski definition) is 6. The smallest absolute Gasteiger partial charge is 0.328 e. The average Bonchev–Trinajstić information content (AvgIpc) is 3.12. The third kappa shape index (κ3) is 3.31. The van der Waals surface area contributed by atoms with Gasteiger partial charge in [0.25, 0.3) is 0 Å². The van der Waals surface area contributed by atoms with Crippen molar-refractivity contribution in [3.63, 3.8) is 0 Å². The third-order valence-corrected chi connectivity index (χ3v) is 4.91. The zero-order chi connectivity index (χ0) is 17.3. The van der Waals surface area contributed by atoms with Gasteiger partial charge in [-0.3, -0.25) is 0 Å². The second-order valence-corrected chi connectivity index (χ2v) is 6.83. The van der Waals surface area contributed by atoms with Gasteiger partial charge in [-0.05, 0) is 30.7 Å². The Bertz CT molecular complexity index is 724. The van der Waals surface area contributed by atoms with E-state index in [0.717, 1.165) is 0 Å². The minimum Gasteiger partial charge on any atom is -0.483 e. The number of benzene rings is 1. The van der Waals surface area contributed by atoms with Gasteiger partial charge in [-0.1, -0.05) is 29.9 Å². The Morgan fingerprint density at radius 2 is 2.12 bits per heavy atom. The lowest BCUT2D eigenvalue weighted by Crippen LogP contribution is -2.34. The molecule has 1 N–H and O–H groups in total. The number of nitrogens with zero attached hydrogens (tertiary/aromatic N) is 4. The number of urea groups is 1. The summed E-state index contributed by atoms with van der Waals surface area (Å²) in [6.45, 7) is 2.22. The number of carbonyl (C=O) groups excluding carboxylic acids is 1. The lowest BCUT2D eigenvalue weighted by molar-refractivity contribution is 0.183. The molecule has 128 valence electrons. The number of ether oxygens (including phenoxy) is 1. The highest BCUT2D eigenvalue weighted by atomic mass is 35.5. The SMILES string of the molecule is CCC(Oc1ccc(Cl)cc1)c1nnc(N2C(=O)N(C)CC2O)s1. The first-order valence-corrected chi connectivity index (χ1v) is 8.67. The van der Waals surface area contributed by atoms with Crippen LogP contribution in [0.5, 0.6) is 5.75 Å². The number of amides is 2. The molecule has 0 bridgehead atoms. The molecule has 0 spiro atoms. The maximum atomic E-state index is 12.1. The van der Waals surface area contributed by atoms with Crippen molar-refractivity contribution < 1.29 is 14.6 Å². The number of aliphatic hydroxyl groups is 1. The molecule has 1 aromatic carbocycles. The molecule has 0 radical (unpaired) electrons. The highest BCUT2D eigenvalue weighted by molar-refractivity contribution is 7.15. The van der Waals surface area contributed by atoms with Crippen LogP contribution in [-0.2, 0) is 0 Å². The first-order valence-electron chi connectivity index (χ1n) is 7.47. The Morgan fingerprint density at radius 1 is 1.42 bits per heavy atom. The van der Waals surface area contributed by atoms with Crippen molar-refractivity contribution in [2.45, 2.75) is 25.7 Å². The highest BCUT2D eigenvalue weighted by Crippen LogP contribution is 2.32. The largest absolute Gasteiger partial charge is 0.483 e. The second-order valence-electron chi connectivity index (χ2n) is 5.41. The normalized spacial score (nSPS) is 19.0. The molecule has 2 aromatic rings. The van der Waals surface area contributed by atoms with Gasteiger partial charge in [-0.15, -0.1) is 10.2 Å². The Kier molecular flexibility index (Phi) is 4.88. The summed E-state index contributed by atoms with van der Waals surface area (Å²) in [7, 11) is 1.63. The summed E-state index contributed by atoms with van der Waals surface area (Å²) in [5.41, 5.74) is 0. The van der Waals surface area contributed by atoms with Crippen molar-refractivity contribution >= 4 is 34.1 Å². The molecule has 2 amide bonds. The van der Waals surface area contributed by atoms with E-state index in [-0.39, 0.29) is 18.7 Å². The van der Waals surface area contributed by atoms with Gasteiger partial charge in [0.2, 0.25) is 5.13 Å². The minimum atomic E-state index is -0.916. The predicted octanol–water partition coefficient (Wildman–Crippen LogP) is 2.91. The number of halogens is 1. The molecular formula is C15H17ClN4O3S. The second kappa shape index (κ2) is 6.92. The van der Waals surface area contributed by atoms with Crippen molar-refractivity contribution in [1.82, 2.24) is 15.1 Å². The van der Waals surface area contributed by atoms with Crippen LogP contribution in [0.25, 0.3) is 0 Å². The summed E-state index contributed by atoms with van der Waals surface area (Å²) in [4.78, 5) is 14.8. The van der Waals surface area contributed by atoms with Crippen LogP contribution in [0.4, 0.5) is 9.93 Å². The molecule has 3 rings (SSSR count). The van der Waals surface area contributed by atoms with Crippen LogP contribution in [0, 0.1) is 0 Å². The first-order chi connectivity index (χ1) is 11.5. The fourth-order valence-corrected chi connectivity index (χ4v) is 3.49. The van der Waals surface area contributed by atoms with E-state index in [1.165, 1.54) is 21.1 Å². The summed E-state index contributed by atoms with van der Waals surface area (Å²) in [6.07, 6.45) is -0.515. The number of carbonyl (C=O) groups is 1. The number of anilines is 1. The number of likely N-dealkylation sites (N-methyl/N-ethyl adjacent to an activating group) is 1. The fraction of sp³-hybridized carbons (Fsp3) is 0.400. The lowest BCUT2D eigenvalue weighted by Gasteiger charge is -2.16. The van der Waals surface area contributed by atoms with Crippen LogP contribution in [0.1, 0.15) is 24.5 Å². The van der Waals surface area contributed by atoms with Crippen LogP contribution in [0.3, 0.4) is 0 Å². The van der Waals surface area contributed by atoms with Gasteiger partial charge in [-0.2, -0.15) is 0 Å². The van der Waals surface area contributed by atoms with E-state index in [2.05, 4.69) is 10.2 Å². The lowest BCUT2D eigenvalue weighted by atomic mass is 10.3. The van der Waals surface area contributed by atoms with Crippen molar-refractivity contribution in [3.05, 3.63) is 34.3 Å². The Balaban J connectivity index is 1.78. The van der Waals surface area contributed by atoms with Crippen molar-refractivity contribution in [2.24, 2.45) is 0 Å². The van der Waals surface area contributed by atoms with Crippen LogP contribution >= 0.6 is 22.9 Å². The van der Waals surface area contributed by atoms with Crippen LogP contribution in [-0.4, -0.2) is 46.1 Å². The van der Waals surface area contributed by atoms with E-state index in [1.54, 1.807) is 31.3 Å². The molecule has 1 fully saturated rings. The summed E-state index contributed by atoms with van der Waals surface area (Å²) in [6, 6.07) is 6.79. The quantitative estimate of drug-likeness (QED) is 0.877. The van der Waals surface area contributed by atoms with E-state index in [0.29, 0.717) is 27.3 Å². The van der Waals surface area contributed by atoms with Gasteiger partial charge in [0, 0.05) is 12.1 Å². The maximum Gasteiger partial charge on any atom is 0.328 e. The van der Waals surface area contributed by atoms with Crippen molar-refractivity contribution in [1.29, 1.82) is 0 Å². The number of β-amino-alcohol motifs (C(OH)–C–C–N with tert-alkyl or cyclic N) is 1. The number of aromatic nitrogens is 2. The van der Waals surface area contributed by atoms with Gasteiger partial charge >= 0.3 is 6.03 Å². The monoisotopic (exact) mass is 368 g/mol. The standard InChI is InChI=1S/C15H17ClN4O3S/c1-3-11(23-10-6-4-9(16)5-7-10)13-17-18-14(24-13)20-12(21)8-19(2)15(20)22/h4-7,11-12,21H,3,8H2,1-2H3. The Hall–Kier alpha value is -1.90. The summed E-state index contributed by atoms with van der Waals surface area (Å²) >= 11 is 7.11. The van der Waals surface area contributed by atoms with Gasteiger partial charge in [0.15, 0.2) is 17.3 Å². The predicted molar refractivity (Wildman–Crippen MR) is 91.5 cm³/mol. The zero-order valence-corrected chi connectivity index (χ0v) is 14.8. The fourth-order valence-electron chi connectivity index (χ4n) is 2.37. The number of rotatable bonds is 5. The molecule has 2 unspecified atom stereocenters. The molecule has 1 saturated heterocycles. The van der Waals surface area contributed by atoms with Crippen LogP contribution in [0.15, 0.2) is 24.3 Å². The van der Waals surface area contributed by atoms with Crippen molar-refractivity contribution in [2.75, 3.05) is 18.5 Å². The molecule has 1 aromatic heterocycles. The van der Waals surface area contributed by atoms with Gasteiger partial charge < -0.3 is 14.7 Å². The molecule has 24 heavy (non-hydrogen) atoms. The van der Waals surface area contributed by atoms with E-state index in [4.69, 9.17) is 16.3 Å². The number of hydrogen-bond donors (Lipinski definition) is 1. The molecule has 2 heterocycles. The molecule has 2 atom stereocenters. The van der Waals surface area contributed by atoms with Crippen LogP contribution < -0.4 is 9.64 Å². The van der Waals surface area contributed by atoms with Crippen molar-refractivity contribution in [3.8, 4) is 5.75 Å². The highest BCUT2D eigenvalue weighted by Gasteiger charge is 2.37. The summed E-state index contributed by atoms with van der Waals surface area (Å²) < 4.78 is 5.93.